The van der Waals surface area contributed by atoms with Crippen LogP contribution in [0.2, 0.25) is 0 Å². The van der Waals surface area contributed by atoms with Crippen LogP contribution in [0.5, 0.6) is 0 Å². The lowest BCUT2D eigenvalue weighted by molar-refractivity contribution is 0.0835. The summed E-state index contributed by atoms with van der Waals surface area (Å²) in [5.74, 6) is 0.664. The SMILES string of the molecule is Cc1ccc([C@@H](C2CCC2)N2CCNCC2)cc1F. The minimum absolute atomic E-state index is 0.0584. The molecule has 0 spiro atoms. The average molecular weight is 262 g/mol. The van der Waals surface area contributed by atoms with Crippen molar-refractivity contribution in [3.63, 3.8) is 0 Å². The van der Waals surface area contributed by atoms with E-state index in [0.717, 1.165) is 37.7 Å². The molecule has 1 saturated heterocycles. The first-order valence-electron chi connectivity index (χ1n) is 7.46. The number of aryl methyl sites for hydroxylation is 1. The lowest BCUT2D eigenvalue weighted by atomic mass is 9.76. The second-order valence-corrected chi connectivity index (χ2v) is 5.93. The molecule has 2 nitrogen and oxygen atoms in total. The fourth-order valence-corrected chi connectivity index (χ4v) is 3.29. The van der Waals surface area contributed by atoms with Gasteiger partial charge < -0.3 is 5.32 Å². The largest absolute Gasteiger partial charge is 0.314 e. The summed E-state index contributed by atoms with van der Waals surface area (Å²) in [4.78, 5) is 2.55. The highest BCUT2D eigenvalue weighted by Gasteiger charge is 2.33. The van der Waals surface area contributed by atoms with E-state index in [9.17, 15) is 4.39 Å². The Labute approximate surface area is 115 Å². The number of hydrogen-bond acceptors (Lipinski definition) is 2. The summed E-state index contributed by atoms with van der Waals surface area (Å²) in [6.45, 7) is 6.10. The second kappa shape index (κ2) is 5.59. The van der Waals surface area contributed by atoms with Crippen LogP contribution in [0.15, 0.2) is 18.2 Å². The van der Waals surface area contributed by atoms with Gasteiger partial charge in [0.15, 0.2) is 0 Å². The van der Waals surface area contributed by atoms with Gasteiger partial charge in [-0.25, -0.2) is 4.39 Å². The van der Waals surface area contributed by atoms with Crippen molar-refractivity contribution in [3.8, 4) is 0 Å². The molecule has 1 aliphatic heterocycles. The predicted octanol–water partition coefficient (Wildman–Crippen LogP) is 2.88. The number of benzene rings is 1. The van der Waals surface area contributed by atoms with Gasteiger partial charge in [0, 0.05) is 32.2 Å². The highest BCUT2D eigenvalue weighted by molar-refractivity contribution is 5.27. The highest BCUT2D eigenvalue weighted by Crippen LogP contribution is 2.41. The van der Waals surface area contributed by atoms with Crippen LogP contribution < -0.4 is 5.32 Å². The molecule has 0 amide bonds. The summed E-state index contributed by atoms with van der Waals surface area (Å²) >= 11 is 0. The Kier molecular flexibility index (Phi) is 3.85. The molecule has 1 aromatic rings. The van der Waals surface area contributed by atoms with Gasteiger partial charge in [-0.3, -0.25) is 4.90 Å². The van der Waals surface area contributed by atoms with Gasteiger partial charge in [0.25, 0.3) is 0 Å². The molecule has 1 atom stereocenters. The van der Waals surface area contributed by atoms with E-state index in [0.29, 0.717) is 6.04 Å². The van der Waals surface area contributed by atoms with Crippen molar-refractivity contribution in [3.05, 3.63) is 35.1 Å². The van der Waals surface area contributed by atoms with Crippen molar-refractivity contribution in [2.24, 2.45) is 5.92 Å². The summed E-state index contributed by atoms with van der Waals surface area (Å²) in [5, 5.41) is 3.40. The van der Waals surface area contributed by atoms with Crippen molar-refractivity contribution >= 4 is 0 Å². The average Bonchev–Trinajstić information content (AvgIpc) is 2.38. The molecule has 2 fully saturated rings. The second-order valence-electron chi connectivity index (χ2n) is 5.93. The Bertz CT molecular complexity index is 436. The summed E-state index contributed by atoms with van der Waals surface area (Å²) in [7, 11) is 0. The molecule has 19 heavy (non-hydrogen) atoms. The third-order valence-electron chi connectivity index (χ3n) is 4.68. The topological polar surface area (TPSA) is 15.3 Å². The molecule has 1 saturated carbocycles. The molecular weight excluding hydrogens is 239 g/mol. The monoisotopic (exact) mass is 262 g/mol. The number of piperazine rings is 1. The van der Waals surface area contributed by atoms with E-state index in [1.807, 2.05) is 13.0 Å². The maximum Gasteiger partial charge on any atom is 0.126 e. The highest BCUT2D eigenvalue weighted by atomic mass is 19.1. The van der Waals surface area contributed by atoms with Crippen molar-refractivity contribution in [1.29, 1.82) is 0 Å². The number of halogens is 1. The molecule has 1 heterocycles. The first-order valence-corrected chi connectivity index (χ1v) is 7.46. The first kappa shape index (κ1) is 13.1. The smallest absolute Gasteiger partial charge is 0.126 e. The molecule has 1 aliphatic carbocycles. The summed E-state index contributed by atoms with van der Waals surface area (Å²) in [6.07, 6.45) is 3.93. The van der Waals surface area contributed by atoms with E-state index < -0.39 is 0 Å². The molecule has 0 radical (unpaired) electrons. The maximum absolute atomic E-state index is 13.9. The maximum atomic E-state index is 13.9. The Morgan fingerprint density at radius 2 is 2.00 bits per heavy atom. The first-order chi connectivity index (χ1) is 9.25. The zero-order chi connectivity index (χ0) is 13.2. The minimum atomic E-state index is -0.0584. The molecule has 1 aromatic carbocycles. The Morgan fingerprint density at radius 1 is 1.26 bits per heavy atom. The van der Waals surface area contributed by atoms with E-state index in [1.54, 1.807) is 6.07 Å². The van der Waals surface area contributed by atoms with E-state index >= 15 is 0 Å². The standard InChI is InChI=1S/C16H23FN2/c1-12-5-6-14(11-15(12)17)16(13-3-2-4-13)19-9-7-18-8-10-19/h5-6,11,13,16,18H,2-4,7-10H2,1H3/t16-/m1/s1. The predicted molar refractivity (Wildman–Crippen MR) is 75.7 cm³/mol. The van der Waals surface area contributed by atoms with Crippen LogP contribution >= 0.6 is 0 Å². The van der Waals surface area contributed by atoms with Gasteiger partial charge in [-0.15, -0.1) is 0 Å². The number of nitrogens with one attached hydrogen (secondary N) is 1. The van der Waals surface area contributed by atoms with Crippen molar-refractivity contribution in [1.82, 2.24) is 10.2 Å². The van der Waals surface area contributed by atoms with E-state index in [2.05, 4.69) is 16.3 Å². The lowest BCUT2D eigenvalue weighted by Gasteiger charge is -2.43. The van der Waals surface area contributed by atoms with Crippen molar-refractivity contribution in [2.45, 2.75) is 32.2 Å². The van der Waals surface area contributed by atoms with Crippen LogP contribution in [0, 0.1) is 18.7 Å². The zero-order valence-electron chi connectivity index (χ0n) is 11.7. The van der Waals surface area contributed by atoms with E-state index in [-0.39, 0.29) is 5.82 Å². The Balaban J connectivity index is 1.86. The van der Waals surface area contributed by atoms with Crippen molar-refractivity contribution in [2.75, 3.05) is 26.2 Å². The molecule has 1 N–H and O–H groups in total. The van der Waals surface area contributed by atoms with Gasteiger partial charge in [0.2, 0.25) is 0 Å². The van der Waals surface area contributed by atoms with Gasteiger partial charge >= 0.3 is 0 Å². The normalized spacial score (nSPS) is 23.1. The van der Waals surface area contributed by atoms with Gasteiger partial charge in [-0.05, 0) is 42.9 Å². The lowest BCUT2D eigenvalue weighted by Crippen LogP contribution is -2.47. The van der Waals surface area contributed by atoms with Crippen LogP contribution in [0.1, 0.15) is 36.4 Å². The van der Waals surface area contributed by atoms with E-state index in [4.69, 9.17) is 0 Å². The van der Waals surface area contributed by atoms with Gasteiger partial charge in [0.1, 0.15) is 5.82 Å². The summed E-state index contributed by atoms with van der Waals surface area (Å²) < 4.78 is 13.9. The van der Waals surface area contributed by atoms with Crippen LogP contribution in [0.4, 0.5) is 4.39 Å². The molecule has 3 rings (SSSR count). The Hall–Kier alpha value is -0.930. The number of hydrogen-bond donors (Lipinski definition) is 1. The zero-order valence-corrected chi connectivity index (χ0v) is 11.7. The van der Waals surface area contributed by atoms with Crippen LogP contribution in [0.25, 0.3) is 0 Å². The summed E-state index contributed by atoms with van der Waals surface area (Å²) in [6, 6.07) is 6.24. The molecule has 104 valence electrons. The fraction of sp³-hybridized carbons (Fsp3) is 0.625. The third kappa shape index (κ3) is 2.67. The van der Waals surface area contributed by atoms with Crippen LogP contribution in [-0.2, 0) is 0 Å². The number of rotatable bonds is 3. The Morgan fingerprint density at radius 3 is 2.58 bits per heavy atom. The molecule has 2 aliphatic rings. The molecular formula is C16H23FN2. The van der Waals surface area contributed by atoms with Gasteiger partial charge in [-0.2, -0.15) is 0 Å². The van der Waals surface area contributed by atoms with E-state index in [1.165, 1.54) is 24.8 Å². The quantitative estimate of drug-likeness (QED) is 0.901. The summed E-state index contributed by atoms with van der Waals surface area (Å²) in [5.41, 5.74) is 1.92. The molecule has 3 heteroatoms. The molecule has 0 unspecified atom stereocenters. The fourth-order valence-electron chi connectivity index (χ4n) is 3.29. The molecule has 0 bridgehead atoms. The van der Waals surface area contributed by atoms with Crippen LogP contribution in [-0.4, -0.2) is 31.1 Å². The van der Waals surface area contributed by atoms with Gasteiger partial charge in [-0.1, -0.05) is 18.6 Å². The van der Waals surface area contributed by atoms with Crippen molar-refractivity contribution < 1.29 is 4.39 Å². The third-order valence-corrected chi connectivity index (χ3v) is 4.68. The van der Waals surface area contributed by atoms with Gasteiger partial charge in [0.05, 0.1) is 0 Å². The van der Waals surface area contributed by atoms with Crippen LogP contribution in [0.3, 0.4) is 0 Å². The minimum Gasteiger partial charge on any atom is -0.314 e. The molecule has 0 aromatic heterocycles. The number of nitrogens with zero attached hydrogens (tertiary/aromatic N) is 1.